The molecule has 0 saturated heterocycles. The number of rotatable bonds is 4. The summed E-state index contributed by atoms with van der Waals surface area (Å²) in [7, 11) is 0. The van der Waals surface area contributed by atoms with Gasteiger partial charge in [0.25, 0.3) is 10.8 Å². The second-order valence-corrected chi connectivity index (χ2v) is 7.95. The van der Waals surface area contributed by atoms with Crippen LogP contribution in [-0.4, -0.2) is 15.2 Å². The van der Waals surface area contributed by atoms with Crippen molar-refractivity contribution in [2.24, 2.45) is 0 Å². The first-order valence-electron chi connectivity index (χ1n) is 9.17. The predicted octanol–water partition coefficient (Wildman–Crippen LogP) is 6.05. The van der Waals surface area contributed by atoms with Crippen molar-refractivity contribution < 1.29 is 4.42 Å². The van der Waals surface area contributed by atoms with E-state index in [9.17, 15) is 4.79 Å². The van der Waals surface area contributed by atoms with Gasteiger partial charge in [-0.05, 0) is 47.7 Å². The van der Waals surface area contributed by atoms with Crippen molar-refractivity contribution in [2.45, 2.75) is 10.1 Å². The Morgan fingerprint density at radius 3 is 2.30 bits per heavy atom. The van der Waals surface area contributed by atoms with Gasteiger partial charge < -0.3 is 9.40 Å². The zero-order valence-corrected chi connectivity index (χ0v) is 17.1. The van der Waals surface area contributed by atoms with Gasteiger partial charge in [0.1, 0.15) is 0 Å². The zero-order chi connectivity index (χ0) is 20.5. The van der Waals surface area contributed by atoms with Crippen LogP contribution in [0.3, 0.4) is 0 Å². The number of halogens is 1. The predicted molar refractivity (Wildman–Crippen MR) is 119 cm³/mol. The summed E-state index contributed by atoms with van der Waals surface area (Å²) in [4.78, 5) is 16.4. The molecule has 0 saturated carbocycles. The number of pyridine rings is 1. The van der Waals surface area contributed by atoms with Gasteiger partial charge in [-0.25, -0.2) is 0 Å². The molecule has 0 aliphatic heterocycles. The molecule has 0 aliphatic rings. The number of hydrogen-bond donors (Lipinski definition) is 1. The van der Waals surface area contributed by atoms with Gasteiger partial charge >= 0.3 is 0 Å². The molecule has 0 radical (unpaired) electrons. The third-order valence-corrected chi connectivity index (χ3v) is 5.78. The van der Waals surface area contributed by atoms with Crippen LogP contribution in [0.4, 0.5) is 0 Å². The Morgan fingerprint density at radius 2 is 1.57 bits per heavy atom. The Kier molecular flexibility index (Phi) is 4.86. The molecule has 0 bridgehead atoms. The number of benzene rings is 3. The van der Waals surface area contributed by atoms with E-state index < -0.39 is 0 Å². The van der Waals surface area contributed by atoms with E-state index in [4.69, 9.17) is 16.0 Å². The molecular weight excluding hydrogens is 418 g/mol. The lowest BCUT2D eigenvalue weighted by Crippen LogP contribution is -2.10. The first-order valence-corrected chi connectivity index (χ1v) is 10.4. The summed E-state index contributed by atoms with van der Waals surface area (Å²) < 4.78 is 5.82. The van der Waals surface area contributed by atoms with Crippen molar-refractivity contribution in [3.05, 3.63) is 94.2 Å². The monoisotopic (exact) mass is 431 g/mol. The Labute approximate surface area is 180 Å². The van der Waals surface area contributed by atoms with E-state index in [0.29, 0.717) is 21.3 Å². The van der Waals surface area contributed by atoms with Crippen molar-refractivity contribution in [1.82, 2.24) is 15.2 Å². The Hall–Kier alpha value is -3.35. The largest absolute Gasteiger partial charge is 0.411 e. The minimum atomic E-state index is -0.229. The number of nitrogens with zero attached hydrogens (tertiary/aromatic N) is 2. The number of H-pyrrole nitrogens is 1. The Balaban J connectivity index is 1.67. The topological polar surface area (TPSA) is 71.8 Å². The van der Waals surface area contributed by atoms with Crippen LogP contribution in [0.15, 0.2) is 98.2 Å². The second kappa shape index (κ2) is 7.82. The van der Waals surface area contributed by atoms with Crippen LogP contribution in [0.1, 0.15) is 0 Å². The molecule has 0 unspecified atom stereocenters. The highest BCUT2D eigenvalue weighted by atomic mass is 35.5. The summed E-state index contributed by atoms with van der Waals surface area (Å²) in [5.74, 6) is 0.402. The maximum absolute atomic E-state index is 13.0. The molecule has 7 heteroatoms. The van der Waals surface area contributed by atoms with Gasteiger partial charge in [0, 0.05) is 27.1 Å². The molecule has 0 fully saturated rings. The maximum Gasteiger partial charge on any atom is 0.281 e. The van der Waals surface area contributed by atoms with Crippen molar-refractivity contribution >= 4 is 34.3 Å². The molecule has 5 rings (SSSR count). The maximum atomic E-state index is 13.0. The van der Waals surface area contributed by atoms with Gasteiger partial charge in [-0.2, -0.15) is 0 Å². The van der Waals surface area contributed by atoms with Gasteiger partial charge in [0.15, 0.2) is 0 Å². The number of nitrogens with one attached hydrogen (secondary N) is 1. The van der Waals surface area contributed by atoms with E-state index in [-0.39, 0.29) is 10.8 Å². The second-order valence-electron chi connectivity index (χ2n) is 6.56. The van der Waals surface area contributed by atoms with Gasteiger partial charge in [-0.15, -0.1) is 10.2 Å². The number of aromatic amines is 1. The molecule has 0 spiro atoms. The normalized spacial score (nSPS) is 11.1. The van der Waals surface area contributed by atoms with E-state index in [2.05, 4.69) is 15.2 Å². The molecule has 2 aromatic heterocycles. The van der Waals surface area contributed by atoms with E-state index >= 15 is 0 Å². The smallest absolute Gasteiger partial charge is 0.281 e. The van der Waals surface area contributed by atoms with Crippen molar-refractivity contribution in [3.63, 3.8) is 0 Å². The van der Waals surface area contributed by atoms with Gasteiger partial charge in [-0.1, -0.05) is 60.1 Å². The first kappa shape index (κ1) is 18.7. The van der Waals surface area contributed by atoms with Crippen LogP contribution in [-0.2, 0) is 0 Å². The molecule has 1 N–H and O–H groups in total. The highest BCUT2D eigenvalue weighted by Crippen LogP contribution is 2.38. The van der Waals surface area contributed by atoms with Crippen LogP contribution < -0.4 is 5.56 Å². The lowest BCUT2D eigenvalue weighted by Gasteiger charge is -2.11. The molecule has 0 atom stereocenters. The van der Waals surface area contributed by atoms with Crippen LogP contribution >= 0.6 is 23.4 Å². The third-order valence-electron chi connectivity index (χ3n) is 4.61. The number of hydrogen-bond acceptors (Lipinski definition) is 5. The molecule has 146 valence electrons. The summed E-state index contributed by atoms with van der Waals surface area (Å²) in [6.45, 7) is 0. The standard InChI is InChI=1S/C23H14ClN3O2S/c24-16-11-12-18-17(13-16)19(14-7-3-1-4-8-14)20(21(28)25-18)30-23-27-26-22(29-23)15-9-5-2-6-10-15/h1-13H,(H,25,28). The van der Waals surface area contributed by atoms with E-state index in [0.717, 1.165) is 33.8 Å². The van der Waals surface area contributed by atoms with Gasteiger partial charge in [0.2, 0.25) is 5.89 Å². The zero-order valence-electron chi connectivity index (χ0n) is 15.5. The van der Waals surface area contributed by atoms with E-state index in [1.165, 1.54) is 0 Å². The minimum absolute atomic E-state index is 0.229. The Morgan fingerprint density at radius 1 is 0.867 bits per heavy atom. The minimum Gasteiger partial charge on any atom is -0.411 e. The summed E-state index contributed by atoms with van der Waals surface area (Å²) in [5, 5.41) is 9.97. The number of fused-ring (bicyclic) bond motifs is 1. The average Bonchev–Trinajstić information content (AvgIpc) is 3.25. The quantitative estimate of drug-likeness (QED) is 0.375. The summed E-state index contributed by atoms with van der Waals surface area (Å²) in [6.07, 6.45) is 0. The third kappa shape index (κ3) is 3.51. The lowest BCUT2D eigenvalue weighted by molar-refractivity contribution is 0.466. The van der Waals surface area contributed by atoms with Crippen molar-refractivity contribution in [1.29, 1.82) is 0 Å². The SMILES string of the molecule is O=c1[nH]c2ccc(Cl)cc2c(-c2ccccc2)c1Sc1nnc(-c2ccccc2)o1. The summed E-state index contributed by atoms with van der Waals surface area (Å²) >= 11 is 7.41. The molecule has 0 aliphatic carbocycles. The molecule has 3 aromatic carbocycles. The fraction of sp³-hybridized carbons (Fsp3) is 0. The van der Waals surface area contributed by atoms with Crippen LogP contribution in [0.25, 0.3) is 33.5 Å². The van der Waals surface area contributed by atoms with E-state index in [1.807, 2.05) is 66.7 Å². The molecule has 0 amide bonds. The Bertz CT molecular complexity index is 1400. The lowest BCUT2D eigenvalue weighted by atomic mass is 10.0. The first-order chi connectivity index (χ1) is 14.7. The summed E-state index contributed by atoms with van der Waals surface area (Å²) in [6, 6.07) is 24.6. The van der Waals surface area contributed by atoms with Crippen LogP contribution in [0.2, 0.25) is 5.02 Å². The van der Waals surface area contributed by atoms with E-state index in [1.54, 1.807) is 12.1 Å². The molecular formula is C23H14ClN3O2S. The van der Waals surface area contributed by atoms with Gasteiger partial charge in [-0.3, -0.25) is 4.79 Å². The fourth-order valence-electron chi connectivity index (χ4n) is 3.27. The van der Waals surface area contributed by atoms with Gasteiger partial charge in [0.05, 0.1) is 4.90 Å². The number of aromatic nitrogens is 3. The highest BCUT2D eigenvalue weighted by Gasteiger charge is 2.19. The fourth-order valence-corrected chi connectivity index (χ4v) is 4.29. The van der Waals surface area contributed by atoms with Crippen molar-refractivity contribution in [2.75, 3.05) is 0 Å². The summed E-state index contributed by atoms with van der Waals surface area (Å²) in [5.41, 5.74) is 2.98. The molecule has 5 aromatic rings. The van der Waals surface area contributed by atoms with Crippen molar-refractivity contribution in [3.8, 4) is 22.6 Å². The van der Waals surface area contributed by atoms with Crippen LogP contribution in [0.5, 0.6) is 0 Å². The average molecular weight is 432 g/mol. The molecule has 5 nitrogen and oxygen atoms in total. The van der Waals surface area contributed by atoms with Crippen LogP contribution in [0, 0.1) is 0 Å². The molecule has 30 heavy (non-hydrogen) atoms. The highest BCUT2D eigenvalue weighted by molar-refractivity contribution is 7.99. The molecule has 2 heterocycles.